The highest BCUT2D eigenvalue weighted by Crippen LogP contribution is 2.22. The van der Waals surface area contributed by atoms with E-state index in [-0.39, 0.29) is 0 Å². The van der Waals surface area contributed by atoms with Crippen molar-refractivity contribution < 1.29 is 4.79 Å². The van der Waals surface area contributed by atoms with Gasteiger partial charge >= 0.3 is 0 Å². The molecule has 0 aliphatic heterocycles. The number of nitrogens with zero attached hydrogens (tertiary/aromatic N) is 1. The van der Waals surface area contributed by atoms with Gasteiger partial charge in [0.2, 0.25) is 6.41 Å². The Bertz CT molecular complexity index is 337. The lowest BCUT2D eigenvalue weighted by Crippen LogP contribution is -2.25. The maximum atomic E-state index is 10.3. The molecule has 74 valence electrons. The van der Waals surface area contributed by atoms with Gasteiger partial charge in [0, 0.05) is 12.4 Å². The first-order chi connectivity index (χ1) is 6.79. The summed E-state index contributed by atoms with van der Waals surface area (Å²) in [4.78, 5) is 10.3. The fourth-order valence-corrected chi connectivity index (χ4v) is 1.06. The van der Waals surface area contributed by atoms with Crippen molar-refractivity contribution in [1.82, 2.24) is 0 Å². The molecule has 1 aromatic carbocycles. The van der Waals surface area contributed by atoms with Gasteiger partial charge in [0.15, 0.2) is 0 Å². The summed E-state index contributed by atoms with van der Waals surface area (Å²) in [5.41, 5.74) is 6.49. The first-order valence-electron chi connectivity index (χ1n) is 4.01. The van der Waals surface area contributed by atoms with Crippen LogP contribution in [0.25, 0.3) is 0 Å². The lowest BCUT2D eigenvalue weighted by Gasteiger charge is -2.16. The minimum absolute atomic E-state index is 0.596. The summed E-state index contributed by atoms with van der Waals surface area (Å²) in [5.74, 6) is 5.65. The van der Waals surface area contributed by atoms with E-state index >= 15 is 0 Å². The second-order valence-corrected chi connectivity index (χ2v) is 2.53. The fraction of sp³-hybridized carbons (Fsp3) is 0. The number of amides is 1. The topological polar surface area (TPSA) is 84.4 Å². The summed E-state index contributed by atoms with van der Waals surface area (Å²) in [6, 6.07) is 7.13. The fourth-order valence-electron chi connectivity index (χ4n) is 1.06. The molecule has 1 amide bonds. The Morgan fingerprint density at radius 3 is 2.71 bits per heavy atom. The molecule has 0 radical (unpaired) electrons. The van der Waals surface area contributed by atoms with Crippen molar-refractivity contribution in [2.75, 3.05) is 10.3 Å². The number of hydrogen-bond donors (Lipinski definition) is 3. The molecule has 0 heterocycles. The standard InChI is InChI=1S/C9H12N4O/c10-5-6-13(11)9-4-2-1-3-8(9)12-7-14/h1-7H,10-11H2,(H,12,14)/b6-5-. The van der Waals surface area contributed by atoms with Gasteiger partial charge in [-0.05, 0) is 12.1 Å². The van der Waals surface area contributed by atoms with E-state index in [9.17, 15) is 4.79 Å². The zero-order chi connectivity index (χ0) is 10.4. The molecule has 0 unspecified atom stereocenters. The number of rotatable bonds is 4. The number of benzene rings is 1. The van der Waals surface area contributed by atoms with Crippen LogP contribution in [0, 0.1) is 0 Å². The smallest absolute Gasteiger partial charge is 0.211 e. The molecule has 5 nitrogen and oxygen atoms in total. The van der Waals surface area contributed by atoms with Crippen LogP contribution in [0.1, 0.15) is 0 Å². The van der Waals surface area contributed by atoms with E-state index in [0.29, 0.717) is 17.8 Å². The molecule has 0 atom stereocenters. The molecule has 0 saturated heterocycles. The van der Waals surface area contributed by atoms with Gasteiger partial charge in [0.25, 0.3) is 0 Å². The van der Waals surface area contributed by atoms with Crippen LogP contribution in [-0.4, -0.2) is 6.41 Å². The molecule has 14 heavy (non-hydrogen) atoms. The Balaban J connectivity index is 2.99. The van der Waals surface area contributed by atoms with E-state index in [1.54, 1.807) is 18.2 Å². The van der Waals surface area contributed by atoms with Crippen molar-refractivity contribution in [3.63, 3.8) is 0 Å². The third-order valence-electron chi connectivity index (χ3n) is 1.64. The minimum atomic E-state index is 0.596. The zero-order valence-corrected chi connectivity index (χ0v) is 7.55. The Morgan fingerprint density at radius 2 is 2.07 bits per heavy atom. The van der Waals surface area contributed by atoms with Crippen LogP contribution in [-0.2, 0) is 4.79 Å². The molecule has 0 bridgehead atoms. The average molecular weight is 192 g/mol. The molecule has 5 N–H and O–H groups in total. The quantitative estimate of drug-likeness (QED) is 0.365. The summed E-state index contributed by atoms with van der Waals surface area (Å²) in [5, 5.41) is 3.86. The van der Waals surface area contributed by atoms with Gasteiger partial charge in [-0.25, -0.2) is 5.84 Å². The Morgan fingerprint density at radius 1 is 1.36 bits per heavy atom. The lowest BCUT2D eigenvalue weighted by atomic mass is 10.2. The van der Waals surface area contributed by atoms with E-state index in [2.05, 4.69) is 5.32 Å². The zero-order valence-electron chi connectivity index (χ0n) is 7.55. The van der Waals surface area contributed by atoms with Crippen LogP contribution in [0.15, 0.2) is 36.7 Å². The summed E-state index contributed by atoms with van der Waals surface area (Å²) in [6.07, 6.45) is 3.40. The molecule has 0 spiro atoms. The molecule has 1 aromatic rings. The largest absolute Gasteiger partial charge is 0.403 e. The Kier molecular flexibility index (Phi) is 3.51. The van der Waals surface area contributed by atoms with Crippen molar-refractivity contribution in [3.05, 3.63) is 36.7 Å². The van der Waals surface area contributed by atoms with E-state index in [4.69, 9.17) is 11.6 Å². The number of carbonyl (C=O) groups excluding carboxylic acids is 1. The first kappa shape index (κ1) is 10.1. The van der Waals surface area contributed by atoms with Gasteiger partial charge in [0.05, 0.1) is 11.4 Å². The molecular formula is C9H12N4O. The van der Waals surface area contributed by atoms with Crippen molar-refractivity contribution in [3.8, 4) is 0 Å². The third kappa shape index (κ3) is 2.24. The highest BCUT2D eigenvalue weighted by atomic mass is 16.1. The van der Waals surface area contributed by atoms with Crippen molar-refractivity contribution >= 4 is 17.8 Å². The first-order valence-corrected chi connectivity index (χ1v) is 4.01. The summed E-state index contributed by atoms with van der Waals surface area (Å²) >= 11 is 0. The molecule has 5 heteroatoms. The predicted octanol–water partition coefficient (Wildman–Crippen LogP) is 0.365. The van der Waals surface area contributed by atoms with Crippen LogP contribution >= 0.6 is 0 Å². The minimum Gasteiger partial charge on any atom is -0.403 e. The van der Waals surface area contributed by atoms with E-state index < -0.39 is 0 Å². The monoisotopic (exact) mass is 192 g/mol. The highest BCUT2D eigenvalue weighted by molar-refractivity contribution is 5.81. The maximum Gasteiger partial charge on any atom is 0.211 e. The van der Waals surface area contributed by atoms with Gasteiger partial charge in [0.1, 0.15) is 0 Å². The molecule has 0 aliphatic carbocycles. The van der Waals surface area contributed by atoms with E-state index in [1.165, 1.54) is 17.4 Å². The SMILES string of the molecule is N/C=C\N(N)c1ccccc1NC=O. The maximum absolute atomic E-state index is 10.3. The number of hydrazine groups is 1. The lowest BCUT2D eigenvalue weighted by molar-refractivity contribution is -0.105. The number of nitrogens with two attached hydrogens (primary N) is 2. The van der Waals surface area contributed by atoms with Gasteiger partial charge < -0.3 is 11.1 Å². The number of nitrogens with one attached hydrogen (secondary N) is 1. The van der Waals surface area contributed by atoms with Crippen molar-refractivity contribution in [2.24, 2.45) is 11.6 Å². The number of hydrogen-bond acceptors (Lipinski definition) is 4. The highest BCUT2D eigenvalue weighted by Gasteiger charge is 2.03. The van der Waals surface area contributed by atoms with Gasteiger partial charge in [-0.15, -0.1) is 0 Å². The van der Waals surface area contributed by atoms with Crippen LogP contribution in [0.3, 0.4) is 0 Å². The Labute approximate surface area is 82.0 Å². The van der Waals surface area contributed by atoms with Crippen LogP contribution in [0.2, 0.25) is 0 Å². The summed E-state index contributed by atoms with van der Waals surface area (Å²) in [7, 11) is 0. The number of para-hydroxylation sites is 2. The van der Waals surface area contributed by atoms with Crippen LogP contribution < -0.4 is 21.9 Å². The van der Waals surface area contributed by atoms with Crippen molar-refractivity contribution in [2.45, 2.75) is 0 Å². The molecule has 0 fully saturated rings. The normalized spacial score (nSPS) is 10.1. The molecule has 1 rings (SSSR count). The second kappa shape index (κ2) is 4.88. The average Bonchev–Trinajstić information content (AvgIpc) is 2.19. The van der Waals surface area contributed by atoms with E-state index in [0.717, 1.165) is 0 Å². The Hall–Kier alpha value is -2.01. The second-order valence-electron chi connectivity index (χ2n) is 2.53. The van der Waals surface area contributed by atoms with Crippen molar-refractivity contribution in [1.29, 1.82) is 0 Å². The third-order valence-corrected chi connectivity index (χ3v) is 1.64. The summed E-state index contributed by atoms with van der Waals surface area (Å²) in [6.45, 7) is 0. The summed E-state index contributed by atoms with van der Waals surface area (Å²) < 4.78 is 0. The van der Waals surface area contributed by atoms with Gasteiger partial charge in [-0.3, -0.25) is 9.80 Å². The van der Waals surface area contributed by atoms with Crippen LogP contribution in [0.5, 0.6) is 0 Å². The molecule has 0 saturated carbocycles. The van der Waals surface area contributed by atoms with Crippen LogP contribution in [0.4, 0.5) is 11.4 Å². The molecule has 0 aromatic heterocycles. The van der Waals surface area contributed by atoms with Gasteiger partial charge in [-0.2, -0.15) is 0 Å². The number of carbonyl (C=O) groups is 1. The predicted molar refractivity (Wildman–Crippen MR) is 56.1 cm³/mol. The molecular weight excluding hydrogens is 180 g/mol. The van der Waals surface area contributed by atoms with Gasteiger partial charge in [-0.1, -0.05) is 12.1 Å². The van der Waals surface area contributed by atoms with E-state index in [1.807, 2.05) is 6.07 Å². The number of anilines is 2. The molecule has 0 aliphatic rings.